The molecule has 2 aromatic rings. The van der Waals surface area contributed by atoms with Gasteiger partial charge >= 0.3 is 12.1 Å². The van der Waals surface area contributed by atoms with Gasteiger partial charge in [0.2, 0.25) is 5.91 Å². The number of carboxylic acid groups (broad SMARTS) is 1. The molecule has 2 N–H and O–H groups in total. The summed E-state index contributed by atoms with van der Waals surface area (Å²) in [4.78, 5) is 38.2. The van der Waals surface area contributed by atoms with Gasteiger partial charge in [0.05, 0.1) is 5.41 Å². The van der Waals surface area contributed by atoms with E-state index in [1.54, 1.807) is 4.90 Å². The van der Waals surface area contributed by atoms with Gasteiger partial charge in [0.1, 0.15) is 6.61 Å². The van der Waals surface area contributed by atoms with E-state index in [-0.39, 0.29) is 36.3 Å². The van der Waals surface area contributed by atoms with E-state index in [2.05, 4.69) is 29.6 Å². The van der Waals surface area contributed by atoms with Gasteiger partial charge in [-0.3, -0.25) is 9.59 Å². The van der Waals surface area contributed by atoms with Gasteiger partial charge in [0, 0.05) is 31.5 Å². The number of amides is 2. The Bertz CT molecular complexity index is 1130. The van der Waals surface area contributed by atoms with Gasteiger partial charge in [-0.15, -0.1) is 0 Å². The van der Waals surface area contributed by atoms with Crippen LogP contribution >= 0.6 is 0 Å². The van der Waals surface area contributed by atoms with Crippen molar-refractivity contribution < 1.29 is 24.2 Å². The van der Waals surface area contributed by atoms with Crippen molar-refractivity contribution in [1.29, 1.82) is 0 Å². The summed E-state index contributed by atoms with van der Waals surface area (Å²) in [6, 6.07) is 16.5. The first-order chi connectivity index (χ1) is 16.4. The maximum Gasteiger partial charge on any atom is 0.407 e. The van der Waals surface area contributed by atoms with Crippen molar-refractivity contribution in [3.05, 3.63) is 59.7 Å². The van der Waals surface area contributed by atoms with Crippen molar-refractivity contribution in [3.63, 3.8) is 0 Å². The SMILES string of the molecule is O=C(NC1CC(CC(=O)N2CC3CC3(C(=O)O)C2)C1)OCC1c2ccccc2-c2ccccc21. The standard InChI is InChI=1S/C27H28N2O5/c30-24(29-13-17-12-27(17,15-29)25(31)32)11-16-9-18(10-16)28-26(33)34-14-23-21-7-3-1-5-19(21)20-6-2-4-8-22(20)23/h1-8,16-18,23H,9-15H2,(H,28,33)(H,31,32). The monoisotopic (exact) mass is 460 g/mol. The van der Waals surface area contributed by atoms with Gasteiger partial charge in [0.15, 0.2) is 0 Å². The predicted molar refractivity (Wildman–Crippen MR) is 124 cm³/mol. The zero-order valence-electron chi connectivity index (χ0n) is 18.9. The number of carbonyl (C=O) groups excluding carboxylic acids is 2. The Kier molecular flexibility index (Phi) is 4.90. The highest BCUT2D eigenvalue weighted by molar-refractivity contribution is 5.84. The number of carboxylic acids is 1. The number of fused-ring (bicyclic) bond motifs is 4. The summed E-state index contributed by atoms with van der Waals surface area (Å²) in [6.45, 7) is 1.20. The van der Waals surface area contributed by atoms with Gasteiger partial charge in [0.25, 0.3) is 0 Å². The Morgan fingerprint density at radius 1 is 1.03 bits per heavy atom. The molecule has 2 atom stereocenters. The van der Waals surface area contributed by atoms with Crippen molar-refractivity contribution in [2.75, 3.05) is 19.7 Å². The largest absolute Gasteiger partial charge is 0.481 e. The number of hydrogen-bond donors (Lipinski definition) is 2. The number of alkyl carbamates (subject to hydrolysis) is 1. The van der Waals surface area contributed by atoms with Crippen LogP contribution in [-0.4, -0.2) is 53.7 Å². The lowest BCUT2D eigenvalue weighted by Crippen LogP contribution is -2.46. The molecule has 2 unspecified atom stereocenters. The summed E-state index contributed by atoms with van der Waals surface area (Å²) in [6.07, 6.45) is 2.20. The maximum atomic E-state index is 12.6. The number of rotatable bonds is 6. The molecule has 4 aliphatic rings. The third-order valence-electron chi connectivity index (χ3n) is 8.29. The van der Waals surface area contributed by atoms with Crippen LogP contribution in [0.4, 0.5) is 4.79 Å². The zero-order valence-corrected chi connectivity index (χ0v) is 18.9. The maximum absolute atomic E-state index is 12.6. The lowest BCUT2D eigenvalue weighted by atomic mass is 9.78. The number of aliphatic carboxylic acids is 1. The van der Waals surface area contributed by atoms with Crippen LogP contribution in [0.15, 0.2) is 48.5 Å². The highest BCUT2D eigenvalue weighted by Gasteiger charge is 2.66. The van der Waals surface area contributed by atoms with E-state index in [1.807, 2.05) is 24.3 Å². The Morgan fingerprint density at radius 2 is 1.68 bits per heavy atom. The first-order valence-electron chi connectivity index (χ1n) is 12.1. The molecule has 3 aliphatic carbocycles. The summed E-state index contributed by atoms with van der Waals surface area (Å²) in [7, 11) is 0. The van der Waals surface area contributed by atoms with Crippen LogP contribution in [0.1, 0.15) is 42.7 Å². The van der Waals surface area contributed by atoms with Gasteiger partial charge in [-0.25, -0.2) is 4.79 Å². The van der Waals surface area contributed by atoms with Crippen molar-refractivity contribution in [2.24, 2.45) is 17.3 Å². The van der Waals surface area contributed by atoms with Crippen LogP contribution in [0.3, 0.4) is 0 Å². The molecule has 0 bridgehead atoms. The fraction of sp³-hybridized carbons (Fsp3) is 0.444. The van der Waals surface area contributed by atoms with E-state index in [1.165, 1.54) is 22.3 Å². The summed E-state index contributed by atoms with van der Waals surface area (Å²) >= 11 is 0. The number of carbonyl (C=O) groups is 3. The minimum atomic E-state index is -0.774. The van der Waals surface area contributed by atoms with Crippen LogP contribution < -0.4 is 5.32 Å². The molecule has 34 heavy (non-hydrogen) atoms. The van der Waals surface area contributed by atoms with E-state index < -0.39 is 17.5 Å². The molecule has 176 valence electrons. The van der Waals surface area contributed by atoms with E-state index in [0.717, 1.165) is 12.8 Å². The van der Waals surface area contributed by atoms with Crippen molar-refractivity contribution in [1.82, 2.24) is 10.2 Å². The van der Waals surface area contributed by atoms with Crippen LogP contribution in [0.5, 0.6) is 0 Å². The highest BCUT2D eigenvalue weighted by Crippen LogP contribution is 2.58. The Balaban J connectivity index is 0.963. The van der Waals surface area contributed by atoms with Crippen molar-refractivity contribution in [2.45, 2.75) is 37.6 Å². The van der Waals surface area contributed by atoms with Crippen molar-refractivity contribution >= 4 is 18.0 Å². The second-order valence-electron chi connectivity index (χ2n) is 10.3. The number of piperidine rings is 1. The number of likely N-dealkylation sites (tertiary alicyclic amines) is 1. The fourth-order valence-corrected chi connectivity index (χ4v) is 6.21. The first-order valence-corrected chi connectivity index (χ1v) is 12.1. The van der Waals surface area contributed by atoms with Crippen LogP contribution in [0, 0.1) is 17.3 Å². The molecule has 2 amide bonds. The van der Waals surface area contributed by atoms with Crippen LogP contribution in [-0.2, 0) is 14.3 Å². The van der Waals surface area contributed by atoms with E-state index in [4.69, 9.17) is 4.74 Å². The topological polar surface area (TPSA) is 95.9 Å². The molecule has 2 saturated carbocycles. The third-order valence-corrected chi connectivity index (χ3v) is 8.29. The lowest BCUT2D eigenvalue weighted by Gasteiger charge is -2.36. The number of nitrogens with zero attached hydrogens (tertiary/aromatic N) is 1. The number of hydrogen-bond acceptors (Lipinski definition) is 4. The molecular weight excluding hydrogens is 432 g/mol. The van der Waals surface area contributed by atoms with E-state index in [9.17, 15) is 19.5 Å². The minimum Gasteiger partial charge on any atom is -0.481 e. The number of nitrogens with one attached hydrogen (secondary N) is 1. The van der Waals surface area contributed by atoms with Gasteiger partial charge < -0.3 is 20.1 Å². The molecule has 0 aromatic heterocycles. The summed E-state index contributed by atoms with van der Waals surface area (Å²) in [5, 5.41) is 12.3. The van der Waals surface area contributed by atoms with Gasteiger partial charge in [-0.2, -0.15) is 0 Å². The highest BCUT2D eigenvalue weighted by atomic mass is 16.5. The molecule has 0 radical (unpaired) electrons. The summed E-state index contributed by atoms with van der Waals surface area (Å²) < 4.78 is 5.61. The van der Waals surface area contributed by atoms with E-state index in [0.29, 0.717) is 25.9 Å². The third kappa shape index (κ3) is 3.45. The average molecular weight is 461 g/mol. The average Bonchev–Trinajstić information content (AvgIpc) is 3.24. The van der Waals surface area contributed by atoms with Crippen molar-refractivity contribution in [3.8, 4) is 11.1 Å². The Hall–Kier alpha value is -3.35. The Labute approximate surface area is 198 Å². The molecule has 3 fully saturated rings. The smallest absolute Gasteiger partial charge is 0.407 e. The Morgan fingerprint density at radius 3 is 2.29 bits per heavy atom. The second kappa shape index (κ2) is 7.86. The second-order valence-corrected chi connectivity index (χ2v) is 10.3. The quantitative estimate of drug-likeness (QED) is 0.686. The molecule has 1 saturated heterocycles. The minimum absolute atomic E-state index is 0.0193. The summed E-state index contributed by atoms with van der Waals surface area (Å²) in [5.74, 6) is -0.352. The van der Waals surface area contributed by atoms with Crippen LogP contribution in [0.2, 0.25) is 0 Å². The normalized spacial score (nSPS) is 28.4. The van der Waals surface area contributed by atoms with Gasteiger partial charge in [-0.1, -0.05) is 48.5 Å². The van der Waals surface area contributed by atoms with E-state index >= 15 is 0 Å². The molecule has 7 nitrogen and oxygen atoms in total. The molecule has 2 aromatic carbocycles. The lowest BCUT2D eigenvalue weighted by molar-refractivity contribution is -0.144. The zero-order chi connectivity index (χ0) is 23.4. The molecular formula is C27H28N2O5. The van der Waals surface area contributed by atoms with Crippen LogP contribution in [0.25, 0.3) is 11.1 Å². The molecule has 1 heterocycles. The summed E-state index contributed by atoms with van der Waals surface area (Å²) in [5.41, 5.74) is 4.08. The predicted octanol–water partition coefficient (Wildman–Crippen LogP) is 3.63. The van der Waals surface area contributed by atoms with Gasteiger partial charge in [-0.05, 0) is 53.4 Å². The fourth-order valence-electron chi connectivity index (χ4n) is 6.21. The molecule has 0 spiro atoms. The molecule has 1 aliphatic heterocycles. The molecule has 6 rings (SSSR count). The number of ether oxygens (including phenoxy) is 1. The first kappa shape index (κ1) is 21.2. The number of benzene rings is 2. The molecule has 7 heteroatoms.